The van der Waals surface area contributed by atoms with Crippen molar-refractivity contribution in [1.82, 2.24) is 10.2 Å². The summed E-state index contributed by atoms with van der Waals surface area (Å²) < 4.78 is 27.3. The first kappa shape index (κ1) is 15.2. The third kappa shape index (κ3) is 4.38. The molecule has 3 unspecified atom stereocenters. The molecule has 0 spiro atoms. The van der Waals surface area contributed by atoms with Crippen molar-refractivity contribution in [2.24, 2.45) is 23.7 Å². The zero-order valence-electron chi connectivity index (χ0n) is 12.5. The number of alkyl halides is 2. The van der Waals surface area contributed by atoms with Crippen LogP contribution in [0.1, 0.15) is 33.1 Å². The second kappa shape index (κ2) is 6.04. The summed E-state index contributed by atoms with van der Waals surface area (Å²) in [6.07, 6.45) is 2.41. The average Bonchev–Trinajstić information content (AvgIpc) is 2.26. The molecule has 2 fully saturated rings. The van der Waals surface area contributed by atoms with Crippen LogP contribution in [0.25, 0.3) is 0 Å². The lowest BCUT2D eigenvalue weighted by molar-refractivity contribution is -0.0879. The highest BCUT2D eigenvalue weighted by Gasteiger charge is 2.41. The summed E-state index contributed by atoms with van der Waals surface area (Å²) in [7, 11) is 1.82. The van der Waals surface area contributed by atoms with Gasteiger partial charge in [0.1, 0.15) is 0 Å². The van der Waals surface area contributed by atoms with Crippen LogP contribution in [-0.4, -0.2) is 44.0 Å². The second-order valence-electron chi connectivity index (χ2n) is 7.10. The molecule has 0 bridgehead atoms. The van der Waals surface area contributed by atoms with Gasteiger partial charge in [-0.1, -0.05) is 13.8 Å². The van der Waals surface area contributed by atoms with E-state index in [4.69, 9.17) is 0 Å². The number of hydrogen-bond acceptors (Lipinski definition) is 2. The summed E-state index contributed by atoms with van der Waals surface area (Å²) in [5.74, 6) is -0.568. The molecule has 0 aromatic heterocycles. The van der Waals surface area contributed by atoms with Gasteiger partial charge in [0.05, 0.1) is 6.54 Å². The lowest BCUT2D eigenvalue weighted by Gasteiger charge is -2.39. The molecule has 112 valence electrons. The highest BCUT2D eigenvalue weighted by Crippen LogP contribution is 2.36. The third-order valence-corrected chi connectivity index (χ3v) is 4.78. The Hall–Kier alpha value is -0.220. The predicted molar refractivity (Wildman–Crippen MR) is 74.5 cm³/mol. The maximum absolute atomic E-state index is 13.7. The number of halogens is 2. The van der Waals surface area contributed by atoms with Crippen LogP contribution in [0.2, 0.25) is 0 Å². The normalized spacial score (nSPS) is 38.1. The van der Waals surface area contributed by atoms with Crippen LogP contribution in [0.4, 0.5) is 8.78 Å². The molecule has 4 atom stereocenters. The standard InChI is InChI=1S/C15H28F2N2/c1-11-4-13(8-18-7-11)5-12(2)14-6-15(16,17)10-19(3)9-14/h11-14,18H,4-10H2,1-3H3/t11?,12-,13?,14?/m1/s1. The van der Waals surface area contributed by atoms with Gasteiger partial charge in [-0.25, -0.2) is 8.78 Å². The third-order valence-electron chi connectivity index (χ3n) is 4.78. The fourth-order valence-corrected chi connectivity index (χ4v) is 3.92. The Morgan fingerprint density at radius 2 is 2.11 bits per heavy atom. The number of hydrogen-bond donors (Lipinski definition) is 1. The largest absolute Gasteiger partial charge is 0.316 e. The maximum atomic E-state index is 13.7. The van der Waals surface area contributed by atoms with Crippen molar-refractivity contribution in [3.8, 4) is 0 Å². The molecule has 19 heavy (non-hydrogen) atoms. The van der Waals surface area contributed by atoms with E-state index in [1.54, 1.807) is 4.90 Å². The van der Waals surface area contributed by atoms with Crippen LogP contribution < -0.4 is 5.32 Å². The summed E-state index contributed by atoms with van der Waals surface area (Å²) in [5.41, 5.74) is 0. The minimum absolute atomic E-state index is 0.0712. The van der Waals surface area contributed by atoms with Crippen LogP contribution in [0, 0.1) is 23.7 Å². The van der Waals surface area contributed by atoms with E-state index in [1.165, 1.54) is 6.42 Å². The number of nitrogens with zero attached hydrogens (tertiary/aromatic N) is 1. The predicted octanol–water partition coefficient (Wildman–Crippen LogP) is 2.85. The number of likely N-dealkylation sites (tertiary alicyclic amines) is 1. The Bertz CT molecular complexity index is 296. The first-order valence-corrected chi connectivity index (χ1v) is 7.63. The lowest BCUT2D eigenvalue weighted by atomic mass is 9.77. The molecule has 2 aliphatic heterocycles. The zero-order chi connectivity index (χ0) is 14.0. The molecule has 0 aliphatic carbocycles. The van der Waals surface area contributed by atoms with E-state index < -0.39 is 5.92 Å². The fraction of sp³-hybridized carbons (Fsp3) is 1.00. The van der Waals surface area contributed by atoms with Crippen molar-refractivity contribution in [2.75, 3.05) is 33.2 Å². The molecule has 0 amide bonds. The Kier molecular flexibility index (Phi) is 4.83. The van der Waals surface area contributed by atoms with Crippen molar-refractivity contribution < 1.29 is 8.78 Å². The van der Waals surface area contributed by atoms with Crippen molar-refractivity contribution in [1.29, 1.82) is 0 Å². The Morgan fingerprint density at radius 1 is 1.37 bits per heavy atom. The second-order valence-corrected chi connectivity index (χ2v) is 7.10. The first-order valence-electron chi connectivity index (χ1n) is 7.63. The molecule has 2 aliphatic rings. The quantitative estimate of drug-likeness (QED) is 0.851. The molecule has 2 nitrogen and oxygen atoms in total. The summed E-state index contributed by atoms with van der Waals surface area (Å²) in [6.45, 7) is 7.36. The van der Waals surface area contributed by atoms with E-state index in [0.717, 1.165) is 32.0 Å². The summed E-state index contributed by atoms with van der Waals surface area (Å²) >= 11 is 0. The molecular weight excluding hydrogens is 246 g/mol. The summed E-state index contributed by atoms with van der Waals surface area (Å²) in [5, 5.41) is 3.46. The smallest absolute Gasteiger partial charge is 0.260 e. The van der Waals surface area contributed by atoms with Gasteiger partial charge >= 0.3 is 0 Å². The van der Waals surface area contributed by atoms with E-state index in [9.17, 15) is 8.78 Å². The van der Waals surface area contributed by atoms with Gasteiger partial charge in [-0.3, -0.25) is 0 Å². The Balaban J connectivity index is 1.86. The van der Waals surface area contributed by atoms with Crippen LogP contribution in [0.5, 0.6) is 0 Å². The van der Waals surface area contributed by atoms with Gasteiger partial charge in [0.25, 0.3) is 5.92 Å². The molecule has 2 heterocycles. The highest BCUT2D eigenvalue weighted by molar-refractivity contribution is 4.86. The lowest BCUT2D eigenvalue weighted by Crippen LogP contribution is -2.47. The van der Waals surface area contributed by atoms with Crippen LogP contribution in [0.15, 0.2) is 0 Å². The molecule has 2 saturated heterocycles. The van der Waals surface area contributed by atoms with Gasteiger partial charge in [0.15, 0.2) is 0 Å². The van der Waals surface area contributed by atoms with Crippen molar-refractivity contribution in [3.05, 3.63) is 0 Å². The summed E-state index contributed by atoms with van der Waals surface area (Å²) in [6, 6.07) is 0. The maximum Gasteiger partial charge on any atom is 0.260 e. The monoisotopic (exact) mass is 274 g/mol. The molecule has 0 aromatic carbocycles. The number of rotatable bonds is 3. The number of nitrogens with one attached hydrogen (secondary N) is 1. The first-order chi connectivity index (χ1) is 8.85. The van der Waals surface area contributed by atoms with Gasteiger partial charge in [-0.05, 0) is 56.7 Å². The molecule has 0 radical (unpaired) electrons. The van der Waals surface area contributed by atoms with Crippen molar-refractivity contribution in [2.45, 2.75) is 39.0 Å². The summed E-state index contributed by atoms with van der Waals surface area (Å²) in [4.78, 5) is 1.80. The molecule has 4 heteroatoms. The van der Waals surface area contributed by atoms with Crippen molar-refractivity contribution >= 4 is 0 Å². The van der Waals surface area contributed by atoms with Crippen LogP contribution >= 0.6 is 0 Å². The van der Waals surface area contributed by atoms with Crippen LogP contribution in [0.3, 0.4) is 0 Å². The minimum Gasteiger partial charge on any atom is -0.316 e. The van der Waals surface area contributed by atoms with Gasteiger partial charge < -0.3 is 10.2 Å². The molecule has 1 N–H and O–H groups in total. The molecule has 2 rings (SSSR count). The van der Waals surface area contributed by atoms with Gasteiger partial charge in [-0.2, -0.15) is 0 Å². The van der Waals surface area contributed by atoms with Gasteiger partial charge in [0, 0.05) is 13.0 Å². The van der Waals surface area contributed by atoms with E-state index in [-0.39, 0.29) is 18.9 Å². The van der Waals surface area contributed by atoms with E-state index >= 15 is 0 Å². The van der Waals surface area contributed by atoms with Crippen molar-refractivity contribution in [3.63, 3.8) is 0 Å². The van der Waals surface area contributed by atoms with Gasteiger partial charge in [-0.15, -0.1) is 0 Å². The zero-order valence-corrected chi connectivity index (χ0v) is 12.5. The minimum atomic E-state index is -2.50. The highest BCUT2D eigenvalue weighted by atomic mass is 19.3. The SMILES string of the molecule is CC1CNCC(C[C@@H](C)C2CN(C)CC(F)(F)C2)C1. The fourth-order valence-electron chi connectivity index (χ4n) is 3.92. The van der Waals surface area contributed by atoms with Gasteiger partial charge in [0.2, 0.25) is 0 Å². The van der Waals surface area contributed by atoms with E-state index in [1.807, 2.05) is 7.05 Å². The Morgan fingerprint density at radius 3 is 2.74 bits per heavy atom. The average molecular weight is 274 g/mol. The topological polar surface area (TPSA) is 15.3 Å². The molecule has 0 saturated carbocycles. The van der Waals surface area contributed by atoms with E-state index in [0.29, 0.717) is 11.8 Å². The van der Waals surface area contributed by atoms with E-state index in [2.05, 4.69) is 19.2 Å². The van der Waals surface area contributed by atoms with Crippen LogP contribution in [-0.2, 0) is 0 Å². The molecular formula is C15H28F2N2. The number of piperidine rings is 2. The Labute approximate surface area is 115 Å². The molecule has 0 aromatic rings.